The van der Waals surface area contributed by atoms with E-state index in [4.69, 9.17) is 0 Å². The molecule has 1 amide bonds. The normalized spacial score (nSPS) is 17.3. The molecule has 0 radical (unpaired) electrons. The lowest BCUT2D eigenvalue weighted by molar-refractivity contribution is -0.323. The summed E-state index contributed by atoms with van der Waals surface area (Å²) in [6.07, 6.45) is -3.46. The molecule has 1 aromatic carbocycles. The fourth-order valence-electron chi connectivity index (χ4n) is 3.05. The number of fused-ring (bicyclic) bond motifs is 1. The molecule has 1 atom stereocenters. The van der Waals surface area contributed by atoms with Gasteiger partial charge < -0.3 is 10.0 Å². The van der Waals surface area contributed by atoms with Gasteiger partial charge >= 0.3 is 12.0 Å². The summed E-state index contributed by atoms with van der Waals surface area (Å²) >= 11 is 1.48. The smallest absolute Gasteiger partial charge is 0.351 e. The third-order valence-electron chi connectivity index (χ3n) is 4.44. The first kappa shape index (κ1) is 18.8. The fourth-order valence-corrected chi connectivity index (χ4v) is 3.72. The molecule has 0 aliphatic carbocycles. The van der Waals surface area contributed by atoms with E-state index < -0.39 is 17.6 Å². The maximum absolute atomic E-state index is 13.9. The first-order valence-electron chi connectivity index (χ1n) is 8.13. The molecule has 3 rings (SSSR count). The highest BCUT2D eigenvalue weighted by Crippen LogP contribution is 2.42. The molecular formula is C18H17F4NO2S. The fraction of sp³-hybridized carbons (Fsp3) is 0.389. The van der Waals surface area contributed by atoms with Crippen LogP contribution in [0.25, 0.3) is 0 Å². The topological polar surface area (TPSA) is 40.5 Å². The molecule has 8 heteroatoms. The van der Waals surface area contributed by atoms with Gasteiger partial charge in [-0.3, -0.25) is 4.79 Å². The Bertz CT molecular complexity index is 787. The SMILES string of the molecule is O=C(Cc1ccsc1)N1CCCCc2cc(C(O)(F)C(F)(F)F)ccc21. The Labute approximate surface area is 151 Å². The Morgan fingerprint density at radius 3 is 2.62 bits per heavy atom. The molecule has 0 saturated carbocycles. The van der Waals surface area contributed by atoms with Gasteiger partial charge in [-0.25, -0.2) is 0 Å². The van der Waals surface area contributed by atoms with E-state index in [0.717, 1.165) is 17.7 Å². The standard InChI is InChI=1S/C18H17F4NO2S/c19-17(25,18(20,21)22)14-4-5-15-13(10-14)3-1-2-7-23(15)16(24)9-12-6-8-26-11-12/h4-6,8,10-11,25H,1-3,7,9H2. The molecule has 1 aliphatic heterocycles. The third-order valence-corrected chi connectivity index (χ3v) is 5.17. The molecule has 26 heavy (non-hydrogen) atoms. The van der Waals surface area contributed by atoms with Gasteiger partial charge in [0.1, 0.15) is 0 Å². The summed E-state index contributed by atoms with van der Waals surface area (Å²) in [7, 11) is 0. The Kier molecular flexibility index (Phi) is 5.07. The molecule has 2 aromatic rings. The van der Waals surface area contributed by atoms with E-state index in [1.807, 2.05) is 16.8 Å². The van der Waals surface area contributed by atoms with Crippen LogP contribution in [0.3, 0.4) is 0 Å². The van der Waals surface area contributed by atoms with Crippen LogP contribution in [-0.2, 0) is 23.5 Å². The number of anilines is 1. The van der Waals surface area contributed by atoms with Crippen molar-refractivity contribution in [3.8, 4) is 0 Å². The predicted molar refractivity (Wildman–Crippen MR) is 90.8 cm³/mol. The molecule has 1 aliphatic rings. The lowest BCUT2D eigenvalue weighted by Gasteiger charge is -2.26. The first-order valence-corrected chi connectivity index (χ1v) is 9.07. The minimum absolute atomic E-state index is 0.161. The second kappa shape index (κ2) is 7.00. The van der Waals surface area contributed by atoms with Gasteiger partial charge in [-0.05, 0) is 59.3 Å². The zero-order chi connectivity index (χ0) is 18.9. The van der Waals surface area contributed by atoms with Gasteiger partial charge in [0.05, 0.1) is 6.42 Å². The van der Waals surface area contributed by atoms with E-state index in [2.05, 4.69) is 0 Å². The second-order valence-corrected chi connectivity index (χ2v) is 7.05. The van der Waals surface area contributed by atoms with Crippen LogP contribution in [0.4, 0.5) is 23.2 Å². The molecule has 1 aromatic heterocycles. The molecule has 2 heterocycles. The van der Waals surface area contributed by atoms with E-state index in [0.29, 0.717) is 37.1 Å². The lowest BCUT2D eigenvalue weighted by atomic mass is 9.99. The number of aryl methyl sites for hydroxylation is 1. The number of alkyl halides is 4. The number of carbonyl (C=O) groups excluding carboxylic acids is 1. The third kappa shape index (κ3) is 3.61. The Hall–Kier alpha value is -1.93. The summed E-state index contributed by atoms with van der Waals surface area (Å²) in [4.78, 5) is 14.2. The van der Waals surface area contributed by atoms with Crippen LogP contribution in [0.15, 0.2) is 35.0 Å². The number of hydrogen-bond donors (Lipinski definition) is 1. The van der Waals surface area contributed by atoms with Gasteiger partial charge in [0.15, 0.2) is 0 Å². The number of nitrogens with zero attached hydrogens (tertiary/aromatic N) is 1. The van der Waals surface area contributed by atoms with Gasteiger partial charge in [-0.1, -0.05) is 6.07 Å². The zero-order valence-electron chi connectivity index (χ0n) is 13.7. The van der Waals surface area contributed by atoms with Crippen LogP contribution in [0.1, 0.15) is 29.5 Å². The minimum atomic E-state index is -5.43. The van der Waals surface area contributed by atoms with Gasteiger partial charge in [-0.15, -0.1) is 0 Å². The molecule has 0 saturated heterocycles. The van der Waals surface area contributed by atoms with Crippen LogP contribution in [0.5, 0.6) is 0 Å². The maximum Gasteiger partial charge on any atom is 0.453 e. The molecule has 1 N–H and O–H groups in total. The maximum atomic E-state index is 13.9. The number of aliphatic hydroxyl groups is 1. The van der Waals surface area contributed by atoms with Crippen molar-refractivity contribution in [3.63, 3.8) is 0 Å². The van der Waals surface area contributed by atoms with E-state index >= 15 is 0 Å². The lowest BCUT2D eigenvalue weighted by Crippen LogP contribution is -2.38. The molecule has 0 fully saturated rings. The van der Waals surface area contributed by atoms with Crippen molar-refractivity contribution < 1.29 is 27.5 Å². The number of benzene rings is 1. The van der Waals surface area contributed by atoms with Crippen molar-refractivity contribution in [2.45, 2.75) is 37.7 Å². The average Bonchev–Trinajstić information content (AvgIpc) is 2.97. The summed E-state index contributed by atoms with van der Waals surface area (Å²) < 4.78 is 52.1. The van der Waals surface area contributed by atoms with E-state index in [1.54, 1.807) is 0 Å². The molecule has 3 nitrogen and oxygen atoms in total. The minimum Gasteiger partial charge on any atom is -0.351 e. The van der Waals surface area contributed by atoms with E-state index in [9.17, 15) is 27.5 Å². The van der Waals surface area contributed by atoms with E-state index in [-0.39, 0.29) is 12.3 Å². The Morgan fingerprint density at radius 2 is 1.96 bits per heavy atom. The number of thiophene rings is 1. The molecule has 140 valence electrons. The van der Waals surface area contributed by atoms with Crippen molar-refractivity contribution in [2.24, 2.45) is 0 Å². The van der Waals surface area contributed by atoms with Crippen LogP contribution in [0, 0.1) is 0 Å². The summed E-state index contributed by atoms with van der Waals surface area (Å²) in [5.74, 6) is -4.58. The number of carbonyl (C=O) groups is 1. The summed E-state index contributed by atoms with van der Waals surface area (Å²) in [5.41, 5.74) is 0.914. The van der Waals surface area contributed by atoms with Gasteiger partial charge in [0.2, 0.25) is 5.91 Å². The van der Waals surface area contributed by atoms with Crippen LogP contribution >= 0.6 is 11.3 Å². The second-order valence-electron chi connectivity index (χ2n) is 6.27. The number of halogens is 4. The highest BCUT2D eigenvalue weighted by molar-refractivity contribution is 7.08. The summed E-state index contributed by atoms with van der Waals surface area (Å²) in [6, 6.07) is 5.04. The number of hydrogen-bond acceptors (Lipinski definition) is 3. The van der Waals surface area contributed by atoms with E-state index in [1.165, 1.54) is 22.3 Å². The Morgan fingerprint density at radius 1 is 1.19 bits per heavy atom. The molecule has 0 spiro atoms. The van der Waals surface area contributed by atoms with Gasteiger partial charge in [0, 0.05) is 17.8 Å². The zero-order valence-corrected chi connectivity index (χ0v) is 14.5. The summed E-state index contributed by atoms with van der Waals surface area (Å²) in [5, 5.41) is 13.0. The number of amides is 1. The Balaban J connectivity index is 1.93. The van der Waals surface area contributed by atoms with Crippen LogP contribution in [0.2, 0.25) is 0 Å². The van der Waals surface area contributed by atoms with Crippen molar-refractivity contribution in [1.82, 2.24) is 0 Å². The van der Waals surface area contributed by atoms with Crippen LogP contribution in [-0.4, -0.2) is 23.7 Å². The molecular weight excluding hydrogens is 370 g/mol. The van der Waals surface area contributed by atoms with Crippen molar-refractivity contribution in [3.05, 3.63) is 51.7 Å². The number of rotatable bonds is 3. The van der Waals surface area contributed by atoms with Crippen LogP contribution < -0.4 is 4.90 Å². The largest absolute Gasteiger partial charge is 0.453 e. The highest BCUT2D eigenvalue weighted by Gasteiger charge is 2.56. The van der Waals surface area contributed by atoms with Crippen molar-refractivity contribution in [1.29, 1.82) is 0 Å². The first-order chi connectivity index (χ1) is 12.2. The highest BCUT2D eigenvalue weighted by atomic mass is 32.1. The molecule has 1 unspecified atom stereocenters. The van der Waals surface area contributed by atoms with Crippen molar-refractivity contribution in [2.75, 3.05) is 11.4 Å². The quantitative estimate of drug-likeness (QED) is 0.796. The summed E-state index contributed by atoms with van der Waals surface area (Å²) in [6.45, 7) is 0.453. The van der Waals surface area contributed by atoms with Crippen molar-refractivity contribution >= 4 is 22.9 Å². The van der Waals surface area contributed by atoms with Gasteiger partial charge in [0.25, 0.3) is 0 Å². The monoisotopic (exact) mass is 387 g/mol. The van der Waals surface area contributed by atoms with Gasteiger partial charge in [-0.2, -0.15) is 28.9 Å². The average molecular weight is 387 g/mol. The molecule has 0 bridgehead atoms. The predicted octanol–water partition coefficient (Wildman–Crippen LogP) is 4.34.